The number of carbonyl (C=O) groups excluding carboxylic acids is 2. The molecule has 0 bridgehead atoms. The standard InChI is InChI=1S/C35H38F4N4O3/c36-28-22-43(30(25-11-5-2-6-12-25)20-29(28)40-32(45)35(37,38)39)33(46)42-18-14-27(34(23-42)15-7-8-16-34)21-41-17-13-26(19-31(41)44)24-9-3-1-4-10-24/h1-6,9-13,17,19,27-30H,7-8,14-16,18,20-23H2,(H,40,45)/t27-,28?,29-,30-/m0/s1. The molecule has 46 heavy (non-hydrogen) atoms. The smallest absolute Gasteiger partial charge is 0.342 e. The van der Waals surface area contributed by atoms with E-state index in [2.05, 4.69) is 0 Å². The average molecular weight is 639 g/mol. The number of alkyl halides is 4. The molecule has 7 nitrogen and oxygen atoms in total. The maximum absolute atomic E-state index is 15.4. The number of rotatable bonds is 5. The molecule has 0 radical (unpaired) electrons. The number of amides is 3. The molecule has 3 aromatic rings. The first-order chi connectivity index (χ1) is 22.0. The van der Waals surface area contributed by atoms with Crippen LogP contribution >= 0.6 is 0 Å². The van der Waals surface area contributed by atoms with E-state index in [0.29, 0.717) is 31.6 Å². The van der Waals surface area contributed by atoms with Crippen LogP contribution in [0.2, 0.25) is 0 Å². The largest absolute Gasteiger partial charge is 0.471 e. The third-order valence-electron chi connectivity index (χ3n) is 10.2. The Morgan fingerprint density at radius 3 is 2.26 bits per heavy atom. The van der Waals surface area contributed by atoms with Crippen molar-refractivity contribution in [2.45, 2.75) is 69.5 Å². The summed E-state index contributed by atoms with van der Waals surface area (Å²) in [7, 11) is 0. The zero-order valence-electron chi connectivity index (χ0n) is 25.5. The van der Waals surface area contributed by atoms with Crippen LogP contribution in [0.4, 0.5) is 22.4 Å². The molecule has 1 saturated carbocycles. The number of aromatic nitrogens is 1. The van der Waals surface area contributed by atoms with E-state index in [-0.39, 0.29) is 29.3 Å². The van der Waals surface area contributed by atoms with E-state index in [1.54, 1.807) is 45.9 Å². The first-order valence-electron chi connectivity index (χ1n) is 15.9. The zero-order chi connectivity index (χ0) is 32.5. The minimum Gasteiger partial charge on any atom is -0.342 e. The minimum atomic E-state index is -5.13. The first-order valence-corrected chi connectivity index (χ1v) is 15.9. The van der Waals surface area contributed by atoms with Crippen LogP contribution < -0.4 is 10.9 Å². The number of urea groups is 1. The molecule has 3 fully saturated rings. The molecule has 11 heteroatoms. The summed E-state index contributed by atoms with van der Waals surface area (Å²) in [4.78, 5) is 42.2. The van der Waals surface area contributed by atoms with Crippen LogP contribution in [0.3, 0.4) is 0 Å². The van der Waals surface area contributed by atoms with Crippen LogP contribution in [0.1, 0.15) is 50.1 Å². The molecule has 2 aromatic carbocycles. The molecule has 1 unspecified atom stereocenters. The number of carbonyl (C=O) groups is 2. The summed E-state index contributed by atoms with van der Waals surface area (Å²) in [5, 5.41) is 1.81. The SMILES string of the molecule is O=C(N1CC[C@@H](Cn2ccc(-c3ccccc3)cc2=O)C2(CCCC2)C1)N1CC(F)[C@@H](NC(=O)C(F)(F)F)C[C@H]1c1ccccc1. The highest BCUT2D eigenvalue weighted by Gasteiger charge is 2.49. The van der Waals surface area contributed by atoms with Crippen molar-refractivity contribution < 1.29 is 27.2 Å². The summed E-state index contributed by atoms with van der Waals surface area (Å²) in [6, 6.07) is 19.7. The van der Waals surface area contributed by atoms with E-state index in [1.807, 2.05) is 47.9 Å². The number of hydrogen-bond donors (Lipinski definition) is 1. The molecule has 6 rings (SSSR count). The van der Waals surface area contributed by atoms with Crippen molar-refractivity contribution in [3.05, 3.63) is 94.9 Å². The van der Waals surface area contributed by atoms with Crippen LogP contribution in [0.25, 0.3) is 11.1 Å². The van der Waals surface area contributed by atoms with E-state index >= 15 is 4.39 Å². The quantitative estimate of drug-likeness (QED) is 0.331. The molecule has 1 spiro atoms. The maximum atomic E-state index is 15.4. The Kier molecular flexibility index (Phi) is 8.94. The fraction of sp³-hybridized carbons (Fsp3) is 0.457. The van der Waals surface area contributed by atoms with E-state index < -0.39 is 36.9 Å². The van der Waals surface area contributed by atoms with E-state index in [4.69, 9.17) is 0 Å². The van der Waals surface area contributed by atoms with Gasteiger partial charge in [-0.3, -0.25) is 9.59 Å². The van der Waals surface area contributed by atoms with Gasteiger partial charge in [-0.1, -0.05) is 73.5 Å². The molecule has 3 heterocycles. The topological polar surface area (TPSA) is 74.7 Å². The Balaban J connectivity index is 1.20. The van der Waals surface area contributed by atoms with Gasteiger partial charge in [-0.05, 0) is 59.8 Å². The summed E-state index contributed by atoms with van der Waals surface area (Å²) in [5.41, 5.74) is 2.23. The highest BCUT2D eigenvalue weighted by Crippen LogP contribution is 2.49. The number of nitrogens with one attached hydrogen (secondary N) is 1. The second-order valence-electron chi connectivity index (χ2n) is 12.9. The van der Waals surface area contributed by atoms with E-state index in [9.17, 15) is 27.6 Å². The molecule has 244 valence electrons. The normalized spacial score (nSPS) is 24.6. The summed E-state index contributed by atoms with van der Waals surface area (Å²) < 4.78 is 56.2. The van der Waals surface area contributed by atoms with Gasteiger partial charge in [-0.25, -0.2) is 9.18 Å². The summed E-state index contributed by atoms with van der Waals surface area (Å²) in [6.07, 6.45) is -0.793. The van der Waals surface area contributed by atoms with Gasteiger partial charge < -0.3 is 19.7 Å². The fourth-order valence-electron chi connectivity index (χ4n) is 7.75. The highest BCUT2D eigenvalue weighted by atomic mass is 19.4. The Morgan fingerprint density at radius 1 is 0.935 bits per heavy atom. The molecule has 2 aliphatic heterocycles. The Bertz CT molecular complexity index is 1590. The van der Waals surface area contributed by atoms with Gasteiger partial charge in [0.15, 0.2) is 0 Å². The van der Waals surface area contributed by atoms with Gasteiger partial charge >= 0.3 is 18.1 Å². The lowest BCUT2D eigenvalue weighted by atomic mass is 9.69. The van der Waals surface area contributed by atoms with Gasteiger partial charge in [0.2, 0.25) is 0 Å². The Labute approximate surface area is 265 Å². The van der Waals surface area contributed by atoms with E-state index in [0.717, 1.165) is 36.8 Å². The minimum absolute atomic E-state index is 0.0758. The maximum Gasteiger partial charge on any atom is 0.471 e. The lowest BCUT2D eigenvalue weighted by molar-refractivity contribution is -0.175. The van der Waals surface area contributed by atoms with Crippen molar-refractivity contribution in [2.75, 3.05) is 19.6 Å². The molecular weight excluding hydrogens is 600 g/mol. The molecule has 3 aliphatic rings. The molecule has 1 aliphatic carbocycles. The van der Waals surface area contributed by atoms with Crippen LogP contribution in [0, 0.1) is 11.3 Å². The van der Waals surface area contributed by atoms with Crippen LogP contribution in [0.5, 0.6) is 0 Å². The molecule has 3 amide bonds. The molecular formula is C35H38F4N4O3. The van der Waals surface area contributed by atoms with Crippen molar-refractivity contribution in [1.29, 1.82) is 0 Å². The monoisotopic (exact) mass is 638 g/mol. The number of nitrogens with zero attached hydrogens (tertiary/aromatic N) is 3. The van der Waals surface area contributed by atoms with Crippen LogP contribution in [-0.4, -0.2) is 64.3 Å². The number of pyridine rings is 1. The fourth-order valence-corrected chi connectivity index (χ4v) is 7.75. The third kappa shape index (κ3) is 6.55. The number of halogens is 4. The number of hydrogen-bond acceptors (Lipinski definition) is 3. The van der Waals surface area contributed by atoms with Gasteiger partial charge in [-0.2, -0.15) is 13.2 Å². The summed E-state index contributed by atoms with van der Waals surface area (Å²) in [6.45, 7) is 0.999. The Hall–Kier alpha value is -4.15. The second kappa shape index (κ2) is 12.9. The van der Waals surface area contributed by atoms with Gasteiger partial charge in [-0.15, -0.1) is 0 Å². The lowest BCUT2D eigenvalue weighted by Crippen LogP contribution is -2.60. The predicted molar refractivity (Wildman–Crippen MR) is 166 cm³/mol. The van der Waals surface area contributed by atoms with Crippen molar-refractivity contribution in [3.8, 4) is 11.1 Å². The highest BCUT2D eigenvalue weighted by molar-refractivity contribution is 5.82. The van der Waals surface area contributed by atoms with E-state index in [1.165, 1.54) is 4.90 Å². The first kappa shape index (κ1) is 31.8. The van der Waals surface area contributed by atoms with Gasteiger partial charge in [0, 0.05) is 31.9 Å². The molecule has 4 atom stereocenters. The number of likely N-dealkylation sites (tertiary alicyclic amines) is 2. The second-order valence-corrected chi connectivity index (χ2v) is 12.9. The summed E-state index contributed by atoms with van der Waals surface area (Å²) >= 11 is 0. The number of benzene rings is 2. The van der Waals surface area contributed by atoms with Gasteiger partial charge in [0.25, 0.3) is 5.56 Å². The Morgan fingerprint density at radius 2 is 1.61 bits per heavy atom. The third-order valence-corrected chi connectivity index (χ3v) is 10.2. The molecule has 1 aromatic heterocycles. The van der Waals surface area contributed by atoms with Gasteiger partial charge in [0.05, 0.1) is 18.6 Å². The zero-order valence-corrected chi connectivity index (χ0v) is 25.5. The van der Waals surface area contributed by atoms with Crippen molar-refractivity contribution in [1.82, 2.24) is 19.7 Å². The molecule has 2 saturated heterocycles. The van der Waals surface area contributed by atoms with Gasteiger partial charge in [0.1, 0.15) is 6.17 Å². The lowest BCUT2D eigenvalue weighted by Gasteiger charge is -2.50. The average Bonchev–Trinajstić information content (AvgIpc) is 3.52. The van der Waals surface area contributed by atoms with Crippen LogP contribution in [-0.2, 0) is 11.3 Å². The summed E-state index contributed by atoms with van der Waals surface area (Å²) in [5.74, 6) is -2.02. The van der Waals surface area contributed by atoms with Crippen molar-refractivity contribution >= 4 is 11.9 Å². The van der Waals surface area contributed by atoms with Crippen molar-refractivity contribution in [3.63, 3.8) is 0 Å². The van der Waals surface area contributed by atoms with Crippen molar-refractivity contribution in [2.24, 2.45) is 11.3 Å². The number of piperidine rings is 2. The molecule has 1 N–H and O–H groups in total. The van der Waals surface area contributed by atoms with Crippen LogP contribution in [0.15, 0.2) is 83.8 Å². The predicted octanol–water partition coefficient (Wildman–Crippen LogP) is 6.35.